The summed E-state index contributed by atoms with van der Waals surface area (Å²) >= 11 is 0. The van der Waals surface area contributed by atoms with E-state index in [1.54, 1.807) is 47.6 Å². The Kier molecular flexibility index (Phi) is 7.29. The second kappa shape index (κ2) is 10.4. The number of hydrogen-bond donors (Lipinski definition) is 1. The molecule has 1 amide bonds. The van der Waals surface area contributed by atoms with Crippen molar-refractivity contribution in [3.05, 3.63) is 89.2 Å². The van der Waals surface area contributed by atoms with E-state index in [9.17, 15) is 13.2 Å². The van der Waals surface area contributed by atoms with E-state index >= 15 is 0 Å². The van der Waals surface area contributed by atoms with Crippen LogP contribution < -0.4 is 9.46 Å². The summed E-state index contributed by atoms with van der Waals surface area (Å²) in [5.41, 5.74) is 3.40. The van der Waals surface area contributed by atoms with Gasteiger partial charge in [-0.05, 0) is 68.1 Å². The molecule has 2 heterocycles. The van der Waals surface area contributed by atoms with Crippen molar-refractivity contribution in [1.29, 1.82) is 0 Å². The minimum atomic E-state index is -3.56. The first-order valence-electron chi connectivity index (χ1n) is 11.3. The third kappa shape index (κ3) is 5.63. The Morgan fingerprint density at radius 2 is 1.74 bits per heavy atom. The van der Waals surface area contributed by atoms with Gasteiger partial charge in [-0.15, -0.1) is 0 Å². The van der Waals surface area contributed by atoms with E-state index in [-0.39, 0.29) is 16.8 Å². The number of likely N-dealkylation sites (tertiary alicyclic amines) is 1. The first-order valence-corrected chi connectivity index (χ1v) is 12.8. The number of ether oxygens (including phenoxy) is 1. The number of pyridine rings is 1. The highest BCUT2D eigenvalue weighted by atomic mass is 32.2. The minimum absolute atomic E-state index is 0.0469. The van der Waals surface area contributed by atoms with Crippen molar-refractivity contribution >= 4 is 15.9 Å². The molecule has 34 heavy (non-hydrogen) atoms. The van der Waals surface area contributed by atoms with Crippen LogP contribution >= 0.6 is 0 Å². The van der Waals surface area contributed by atoms with Gasteiger partial charge in [0.05, 0.1) is 4.90 Å². The van der Waals surface area contributed by atoms with Gasteiger partial charge in [-0.3, -0.25) is 9.78 Å². The number of benzene rings is 2. The molecule has 0 aliphatic carbocycles. The molecule has 1 N–H and O–H groups in total. The summed E-state index contributed by atoms with van der Waals surface area (Å²) in [6, 6.07) is 15.7. The number of amides is 1. The number of carbonyl (C=O) groups is 1. The summed E-state index contributed by atoms with van der Waals surface area (Å²) in [5.74, 6) is 0.726. The molecule has 0 radical (unpaired) electrons. The lowest BCUT2D eigenvalue weighted by atomic mass is 10.0. The van der Waals surface area contributed by atoms with E-state index in [0.717, 1.165) is 22.4 Å². The van der Waals surface area contributed by atoms with Crippen LogP contribution in [0.1, 0.15) is 39.9 Å². The van der Waals surface area contributed by atoms with Crippen molar-refractivity contribution in [3.8, 4) is 5.75 Å². The van der Waals surface area contributed by atoms with Gasteiger partial charge in [0.1, 0.15) is 12.4 Å². The second-order valence-electron chi connectivity index (χ2n) is 8.59. The number of nitrogens with one attached hydrogen (secondary N) is 1. The van der Waals surface area contributed by atoms with Crippen LogP contribution in [0.4, 0.5) is 0 Å². The predicted molar refractivity (Wildman–Crippen MR) is 130 cm³/mol. The van der Waals surface area contributed by atoms with Gasteiger partial charge in [0.25, 0.3) is 5.91 Å². The van der Waals surface area contributed by atoms with Gasteiger partial charge < -0.3 is 9.64 Å². The van der Waals surface area contributed by atoms with Crippen LogP contribution in [0.25, 0.3) is 0 Å². The average Bonchev–Trinajstić information content (AvgIpc) is 2.84. The number of nitrogens with zero attached hydrogens (tertiary/aromatic N) is 2. The van der Waals surface area contributed by atoms with Crippen molar-refractivity contribution in [2.24, 2.45) is 0 Å². The molecule has 3 aromatic rings. The second-order valence-corrected chi connectivity index (χ2v) is 10.3. The fourth-order valence-electron chi connectivity index (χ4n) is 4.21. The van der Waals surface area contributed by atoms with Crippen molar-refractivity contribution < 1.29 is 17.9 Å². The third-order valence-corrected chi connectivity index (χ3v) is 7.51. The Morgan fingerprint density at radius 1 is 1.06 bits per heavy atom. The summed E-state index contributed by atoms with van der Waals surface area (Å²) < 4.78 is 33.9. The van der Waals surface area contributed by atoms with Gasteiger partial charge in [-0.1, -0.05) is 24.3 Å². The third-order valence-electron chi connectivity index (χ3n) is 5.97. The normalized spacial score (nSPS) is 14.7. The maximum absolute atomic E-state index is 13.1. The molecule has 0 spiro atoms. The fourth-order valence-corrected chi connectivity index (χ4v) is 5.54. The van der Waals surface area contributed by atoms with Gasteiger partial charge in [0, 0.05) is 42.7 Å². The number of aromatic nitrogens is 1. The van der Waals surface area contributed by atoms with Crippen molar-refractivity contribution in [2.45, 2.75) is 44.2 Å². The zero-order valence-electron chi connectivity index (χ0n) is 19.4. The van der Waals surface area contributed by atoms with Crippen LogP contribution in [-0.2, 0) is 16.6 Å². The molecule has 1 aromatic heterocycles. The van der Waals surface area contributed by atoms with Crippen molar-refractivity contribution in [2.75, 3.05) is 13.1 Å². The number of aryl methyl sites for hydroxylation is 2. The molecule has 1 fully saturated rings. The summed E-state index contributed by atoms with van der Waals surface area (Å²) in [6.07, 6.45) is 4.64. The van der Waals surface area contributed by atoms with Crippen LogP contribution in [0.3, 0.4) is 0 Å². The lowest BCUT2D eigenvalue weighted by molar-refractivity contribution is 0.0711. The van der Waals surface area contributed by atoms with Crippen LogP contribution in [0.5, 0.6) is 5.75 Å². The van der Waals surface area contributed by atoms with E-state index < -0.39 is 10.0 Å². The lowest BCUT2D eigenvalue weighted by Gasteiger charge is -2.32. The minimum Gasteiger partial charge on any atom is -0.488 e. The molecule has 0 bridgehead atoms. The Labute approximate surface area is 200 Å². The maximum atomic E-state index is 13.1. The summed E-state index contributed by atoms with van der Waals surface area (Å²) in [4.78, 5) is 19.3. The molecule has 4 rings (SSSR count). The zero-order chi connectivity index (χ0) is 24.1. The Morgan fingerprint density at radius 3 is 2.35 bits per heavy atom. The van der Waals surface area contributed by atoms with E-state index in [1.165, 1.54) is 0 Å². The van der Waals surface area contributed by atoms with E-state index in [0.29, 0.717) is 38.1 Å². The Balaban J connectivity index is 1.36. The Bertz CT molecular complexity index is 1220. The predicted octanol–water partition coefficient (Wildman–Crippen LogP) is 3.86. The monoisotopic (exact) mass is 479 g/mol. The van der Waals surface area contributed by atoms with E-state index in [2.05, 4.69) is 9.71 Å². The van der Waals surface area contributed by atoms with E-state index in [1.807, 2.05) is 38.1 Å². The SMILES string of the molecule is Cc1cc(C(=O)N2CCC(NS(=O)(=O)c3ccccc3)CC2)cc(C)c1OCc1cccnc1. The molecule has 1 aliphatic rings. The summed E-state index contributed by atoms with van der Waals surface area (Å²) in [6.45, 7) is 5.28. The molecular formula is C26H29N3O4S. The molecule has 1 saturated heterocycles. The van der Waals surface area contributed by atoms with Crippen LogP contribution in [-0.4, -0.2) is 43.3 Å². The quantitative estimate of drug-likeness (QED) is 0.556. The largest absolute Gasteiger partial charge is 0.488 e. The number of piperidine rings is 1. The summed E-state index contributed by atoms with van der Waals surface area (Å²) in [5, 5.41) is 0. The molecule has 0 unspecified atom stereocenters. The fraction of sp³-hybridized carbons (Fsp3) is 0.308. The topological polar surface area (TPSA) is 88.6 Å². The number of rotatable bonds is 7. The zero-order valence-corrected chi connectivity index (χ0v) is 20.2. The van der Waals surface area contributed by atoms with E-state index in [4.69, 9.17) is 4.74 Å². The lowest BCUT2D eigenvalue weighted by Crippen LogP contribution is -2.46. The highest BCUT2D eigenvalue weighted by molar-refractivity contribution is 7.89. The molecular weight excluding hydrogens is 450 g/mol. The van der Waals surface area contributed by atoms with Gasteiger partial charge in [-0.25, -0.2) is 13.1 Å². The highest BCUT2D eigenvalue weighted by Gasteiger charge is 2.27. The van der Waals surface area contributed by atoms with Crippen molar-refractivity contribution in [1.82, 2.24) is 14.6 Å². The molecule has 8 heteroatoms. The molecule has 2 aromatic carbocycles. The standard InChI is InChI=1S/C26H29N3O4S/c1-19-15-22(16-20(2)25(19)33-18-21-7-6-12-27-17-21)26(30)29-13-10-23(11-14-29)28-34(31,32)24-8-4-3-5-9-24/h3-9,12,15-17,23,28H,10-11,13-14,18H2,1-2H3. The average molecular weight is 480 g/mol. The van der Waals surface area contributed by atoms with Gasteiger partial charge in [-0.2, -0.15) is 0 Å². The summed E-state index contributed by atoms with van der Waals surface area (Å²) in [7, 11) is -3.56. The van der Waals surface area contributed by atoms with Crippen LogP contribution in [0.15, 0.2) is 71.9 Å². The van der Waals surface area contributed by atoms with Gasteiger partial charge in [0.2, 0.25) is 10.0 Å². The van der Waals surface area contributed by atoms with Gasteiger partial charge in [0.15, 0.2) is 0 Å². The maximum Gasteiger partial charge on any atom is 0.253 e. The smallest absolute Gasteiger partial charge is 0.253 e. The first-order chi connectivity index (χ1) is 16.3. The number of hydrogen-bond acceptors (Lipinski definition) is 5. The molecule has 0 atom stereocenters. The molecule has 178 valence electrons. The molecule has 1 aliphatic heterocycles. The highest BCUT2D eigenvalue weighted by Crippen LogP contribution is 2.27. The number of carbonyl (C=O) groups excluding carboxylic acids is 1. The number of sulfonamides is 1. The van der Waals surface area contributed by atoms with Crippen LogP contribution in [0.2, 0.25) is 0 Å². The van der Waals surface area contributed by atoms with Gasteiger partial charge >= 0.3 is 0 Å². The molecule has 7 nitrogen and oxygen atoms in total. The Hall–Kier alpha value is -3.23. The van der Waals surface area contributed by atoms with Crippen molar-refractivity contribution in [3.63, 3.8) is 0 Å². The first kappa shape index (κ1) is 23.9. The molecule has 0 saturated carbocycles. The van der Waals surface area contributed by atoms with Crippen LogP contribution in [0, 0.1) is 13.8 Å².